The van der Waals surface area contributed by atoms with Crippen LogP contribution in [0.25, 0.3) is 0 Å². The SMILES string of the molecule is O=C(CNS(=O)(=O)c1ccccc1)OCC(=O)c1ccc2c(c1)OCCO2. The van der Waals surface area contributed by atoms with Crippen molar-refractivity contribution in [3.8, 4) is 11.5 Å². The molecule has 2 aromatic carbocycles. The molecule has 0 saturated heterocycles. The van der Waals surface area contributed by atoms with Crippen molar-refractivity contribution in [2.45, 2.75) is 4.90 Å². The summed E-state index contributed by atoms with van der Waals surface area (Å²) in [6, 6.07) is 12.3. The summed E-state index contributed by atoms with van der Waals surface area (Å²) in [4.78, 5) is 23.9. The Balaban J connectivity index is 1.51. The lowest BCUT2D eigenvalue weighted by Crippen LogP contribution is -2.31. The smallest absolute Gasteiger partial charge is 0.321 e. The van der Waals surface area contributed by atoms with E-state index >= 15 is 0 Å². The fourth-order valence-electron chi connectivity index (χ4n) is 2.33. The molecule has 1 aliphatic heterocycles. The number of sulfonamides is 1. The lowest BCUT2D eigenvalue weighted by Gasteiger charge is -2.18. The van der Waals surface area contributed by atoms with Crippen LogP contribution in [0.1, 0.15) is 10.4 Å². The largest absolute Gasteiger partial charge is 0.486 e. The van der Waals surface area contributed by atoms with E-state index in [2.05, 4.69) is 4.72 Å². The van der Waals surface area contributed by atoms with Gasteiger partial charge in [-0.3, -0.25) is 9.59 Å². The number of hydrogen-bond acceptors (Lipinski definition) is 7. The van der Waals surface area contributed by atoms with Crippen molar-refractivity contribution in [3.63, 3.8) is 0 Å². The molecule has 0 fully saturated rings. The molecule has 0 bridgehead atoms. The Bertz CT molecular complexity index is 941. The molecule has 0 aliphatic carbocycles. The molecule has 1 heterocycles. The zero-order chi connectivity index (χ0) is 19.3. The normalized spacial score (nSPS) is 13.0. The maximum absolute atomic E-state index is 12.1. The zero-order valence-corrected chi connectivity index (χ0v) is 15.0. The van der Waals surface area contributed by atoms with E-state index in [9.17, 15) is 18.0 Å². The van der Waals surface area contributed by atoms with Gasteiger partial charge in [0.15, 0.2) is 23.9 Å². The highest BCUT2D eigenvalue weighted by Gasteiger charge is 2.18. The van der Waals surface area contributed by atoms with Gasteiger partial charge in [-0.2, -0.15) is 4.72 Å². The van der Waals surface area contributed by atoms with Gasteiger partial charge in [0, 0.05) is 5.56 Å². The maximum atomic E-state index is 12.1. The summed E-state index contributed by atoms with van der Waals surface area (Å²) in [6.45, 7) is -0.255. The number of rotatable bonds is 7. The van der Waals surface area contributed by atoms with Crippen molar-refractivity contribution in [2.24, 2.45) is 0 Å². The third-order valence-corrected chi connectivity index (χ3v) is 5.11. The lowest BCUT2D eigenvalue weighted by atomic mass is 10.1. The molecule has 2 aromatic rings. The van der Waals surface area contributed by atoms with E-state index in [1.165, 1.54) is 18.2 Å². The number of benzene rings is 2. The highest BCUT2D eigenvalue weighted by Crippen LogP contribution is 2.30. The molecular weight excluding hydrogens is 374 g/mol. The molecule has 8 nitrogen and oxygen atoms in total. The molecule has 0 radical (unpaired) electrons. The second-order valence-electron chi connectivity index (χ2n) is 5.58. The molecule has 9 heteroatoms. The predicted molar refractivity (Wildman–Crippen MR) is 94.4 cm³/mol. The number of Topliss-reactive ketones (excluding diaryl/α,β-unsaturated/α-hetero) is 1. The first-order chi connectivity index (χ1) is 13.0. The van der Waals surface area contributed by atoms with Gasteiger partial charge in [-0.15, -0.1) is 0 Å². The molecule has 0 aromatic heterocycles. The van der Waals surface area contributed by atoms with Crippen LogP contribution in [-0.2, 0) is 19.6 Å². The summed E-state index contributed by atoms with van der Waals surface area (Å²) >= 11 is 0. The quantitative estimate of drug-likeness (QED) is 0.557. The number of carbonyl (C=O) groups excluding carboxylic acids is 2. The van der Waals surface area contributed by atoms with Crippen molar-refractivity contribution in [3.05, 3.63) is 54.1 Å². The molecule has 0 amide bonds. The number of ether oxygens (including phenoxy) is 3. The van der Waals surface area contributed by atoms with Crippen LogP contribution < -0.4 is 14.2 Å². The third kappa shape index (κ3) is 4.83. The third-order valence-electron chi connectivity index (χ3n) is 3.69. The molecule has 0 spiro atoms. The summed E-state index contributed by atoms with van der Waals surface area (Å²) in [5.74, 6) is -0.300. The van der Waals surface area contributed by atoms with Crippen molar-refractivity contribution in [1.82, 2.24) is 4.72 Å². The van der Waals surface area contributed by atoms with Crippen LogP contribution in [-0.4, -0.2) is 46.5 Å². The number of carbonyl (C=O) groups is 2. The van der Waals surface area contributed by atoms with E-state index in [0.717, 1.165) is 0 Å². The first-order valence-corrected chi connectivity index (χ1v) is 9.57. The standard InChI is InChI=1S/C18H17NO7S/c20-15(13-6-7-16-17(10-13)25-9-8-24-16)12-26-18(21)11-19-27(22,23)14-4-2-1-3-5-14/h1-7,10,19H,8-9,11-12H2. The first kappa shape index (κ1) is 18.9. The molecular formula is C18H17NO7S. The van der Waals surface area contributed by atoms with Gasteiger partial charge < -0.3 is 14.2 Å². The van der Waals surface area contributed by atoms with Crippen LogP contribution in [0, 0.1) is 0 Å². The number of ketones is 1. The number of fused-ring (bicyclic) bond motifs is 1. The maximum Gasteiger partial charge on any atom is 0.321 e. The molecule has 0 saturated carbocycles. The average Bonchev–Trinajstić information content (AvgIpc) is 2.70. The van der Waals surface area contributed by atoms with Gasteiger partial charge in [0.2, 0.25) is 10.0 Å². The van der Waals surface area contributed by atoms with Crippen LogP contribution in [0.4, 0.5) is 0 Å². The minimum atomic E-state index is -3.82. The van der Waals surface area contributed by atoms with Gasteiger partial charge in [0.1, 0.15) is 19.8 Å². The summed E-state index contributed by atoms with van der Waals surface area (Å²) < 4.78 is 41.8. The van der Waals surface area contributed by atoms with Crippen molar-refractivity contribution >= 4 is 21.8 Å². The van der Waals surface area contributed by atoms with Gasteiger partial charge >= 0.3 is 5.97 Å². The Morgan fingerprint density at radius 2 is 1.70 bits per heavy atom. The van der Waals surface area contributed by atoms with Gasteiger partial charge in [0.05, 0.1) is 4.90 Å². The van der Waals surface area contributed by atoms with Gasteiger partial charge in [-0.1, -0.05) is 18.2 Å². The molecule has 27 heavy (non-hydrogen) atoms. The van der Waals surface area contributed by atoms with E-state index < -0.39 is 34.9 Å². The second kappa shape index (κ2) is 8.19. The summed E-state index contributed by atoms with van der Waals surface area (Å²) in [5.41, 5.74) is 0.303. The molecule has 3 rings (SSSR count). The van der Waals surface area contributed by atoms with Gasteiger partial charge in [-0.05, 0) is 30.3 Å². The Hall–Kier alpha value is -2.91. The molecule has 142 valence electrons. The van der Waals surface area contributed by atoms with E-state index in [4.69, 9.17) is 14.2 Å². The van der Waals surface area contributed by atoms with E-state index in [-0.39, 0.29) is 4.90 Å². The average molecular weight is 391 g/mol. The minimum Gasteiger partial charge on any atom is -0.486 e. The Morgan fingerprint density at radius 3 is 2.44 bits per heavy atom. The summed E-state index contributed by atoms with van der Waals surface area (Å²) in [7, 11) is -3.82. The van der Waals surface area contributed by atoms with Crippen molar-refractivity contribution < 1.29 is 32.2 Å². The minimum absolute atomic E-state index is 0.0326. The van der Waals surface area contributed by atoms with Crippen molar-refractivity contribution in [1.29, 1.82) is 0 Å². The highest BCUT2D eigenvalue weighted by atomic mass is 32.2. The summed E-state index contributed by atoms with van der Waals surface area (Å²) in [5, 5.41) is 0. The Labute approximate surface area is 156 Å². The van der Waals surface area contributed by atoms with Crippen LogP contribution in [0.5, 0.6) is 11.5 Å². The van der Waals surface area contributed by atoms with E-state index in [0.29, 0.717) is 30.3 Å². The Morgan fingerprint density at radius 1 is 1.00 bits per heavy atom. The lowest BCUT2D eigenvalue weighted by molar-refractivity contribution is -0.141. The fraction of sp³-hybridized carbons (Fsp3) is 0.222. The first-order valence-electron chi connectivity index (χ1n) is 8.09. The van der Waals surface area contributed by atoms with Crippen molar-refractivity contribution in [2.75, 3.05) is 26.4 Å². The second-order valence-corrected chi connectivity index (χ2v) is 7.35. The zero-order valence-electron chi connectivity index (χ0n) is 14.2. The van der Waals surface area contributed by atoms with E-state index in [1.54, 1.807) is 30.3 Å². The molecule has 0 atom stereocenters. The fourth-order valence-corrected chi connectivity index (χ4v) is 3.32. The number of nitrogens with one attached hydrogen (secondary N) is 1. The monoisotopic (exact) mass is 391 g/mol. The number of hydrogen-bond donors (Lipinski definition) is 1. The van der Waals surface area contributed by atoms with Gasteiger partial charge in [0.25, 0.3) is 0 Å². The van der Waals surface area contributed by atoms with E-state index in [1.807, 2.05) is 0 Å². The van der Waals surface area contributed by atoms with Crippen LogP contribution in [0.3, 0.4) is 0 Å². The van der Waals surface area contributed by atoms with Crippen LogP contribution in [0.15, 0.2) is 53.4 Å². The molecule has 1 aliphatic rings. The molecule has 0 unspecified atom stereocenters. The summed E-state index contributed by atoms with van der Waals surface area (Å²) in [6.07, 6.45) is 0. The highest BCUT2D eigenvalue weighted by molar-refractivity contribution is 7.89. The topological polar surface area (TPSA) is 108 Å². The van der Waals surface area contributed by atoms with Gasteiger partial charge in [-0.25, -0.2) is 8.42 Å². The Kier molecular flexibility index (Phi) is 5.72. The van der Waals surface area contributed by atoms with Crippen LogP contribution >= 0.6 is 0 Å². The van der Waals surface area contributed by atoms with Crippen LogP contribution in [0.2, 0.25) is 0 Å². The molecule has 1 N–H and O–H groups in total. The predicted octanol–water partition coefficient (Wildman–Crippen LogP) is 1.16. The number of esters is 1.